The Balaban J connectivity index is 1.42. The zero-order chi connectivity index (χ0) is 18.9. The lowest BCUT2D eigenvalue weighted by Crippen LogP contribution is -2.53. The second-order valence-electron chi connectivity index (χ2n) is 8.17. The number of hydrogen-bond donors (Lipinski definition) is 2. The van der Waals surface area contributed by atoms with Crippen LogP contribution >= 0.6 is 11.6 Å². The number of rotatable bonds is 3. The van der Waals surface area contributed by atoms with Crippen LogP contribution in [0.25, 0.3) is 0 Å². The summed E-state index contributed by atoms with van der Waals surface area (Å²) in [5.74, 6) is 0.960. The number of pyridine rings is 1. The molecule has 3 aliphatic rings. The van der Waals surface area contributed by atoms with E-state index < -0.39 is 0 Å². The SMILES string of the molecule is O=C(Nc1ccc(Cl)cn1)C1CCCN(C(=O)[C@@]23CCCC[C@H]2CNC3)C1. The molecule has 146 valence electrons. The van der Waals surface area contributed by atoms with E-state index in [1.54, 1.807) is 12.1 Å². The first-order valence-electron chi connectivity index (χ1n) is 10.0. The van der Waals surface area contributed by atoms with Gasteiger partial charge in [-0.2, -0.15) is 0 Å². The second-order valence-corrected chi connectivity index (χ2v) is 8.61. The molecule has 2 saturated heterocycles. The molecule has 27 heavy (non-hydrogen) atoms. The van der Waals surface area contributed by atoms with Gasteiger partial charge in [-0.15, -0.1) is 0 Å². The van der Waals surface area contributed by atoms with Crippen LogP contribution in [0.5, 0.6) is 0 Å². The number of nitrogens with zero attached hydrogens (tertiary/aromatic N) is 2. The number of piperidine rings is 1. The van der Waals surface area contributed by atoms with E-state index in [2.05, 4.69) is 15.6 Å². The Morgan fingerprint density at radius 3 is 2.96 bits per heavy atom. The second kappa shape index (κ2) is 7.76. The molecule has 1 aromatic heterocycles. The van der Waals surface area contributed by atoms with Crippen molar-refractivity contribution in [3.8, 4) is 0 Å². The van der Waals surface area contributed by atoms with Crippen molar-refractivity contribution in [1.29, 1.82) is 0 Å². The zero-order valence-corrected chi connectivity index (χ0v) is 16.3. The lowest BCUT2D eigenvalue weighted by atomic mass is 9.67. The minimum absolute atomic E-state index is 0.0652. The van der Waals surface area contributed by atoms with Crippen LogP contribution in [-0.4, -0.2) is 47.9 Å². The Hall–Kier alpha value is -1.66. The summed E-state index contributed by atoms with van der Waals surface area (Å²) < 4.78 is 0. The Labute approximate surface area is 165 Å². The highest BCUT2D eigenvalue weighted by atomic mass is 35.5. The molecule has 4 rings (SSSR count). The highest BCUT2D eigenvalue weighted by Gasteiger charge is 2.51. The number of carbonyl (C=O) groups excluding carboxylic acids is 2. The van der Waals surface area contributed by atoms with Crippen molar-refractivity contribution >= 4 is 29.2 Å². The maximum absolute atomic E-state index is 13.4. The summed E-state index contributed by atoms with van der Waals surface area (Å²) in [6, 6.07) is 3.40. The quantitative estimate of drug-likeness (QED) is 0.832. The number of nitrogens with one attached hydrogen (secondary N) is 2. The van der Waals surface area contributed by atoms with Crippen molar-refractivity contribution in [1.82, 2.24) is 15.2 Å². The summed E-state index contributed by atoms with van der Waals surface area (Å²) in [7, 11) is 0. The van der Waals surface area contributed by atoms with Gasteiger partial charge in [0.05, 0.1) is 16.4 Å². The van der Waals surface area contributed by atoms with Crippen molar-refractivity contribution in [3.63, 3.8) is 0 Å². The third kappa shape index (κ3) is 3.69. The Morgan fingerprint density at radius 2 is 2.15 bits per heavy atom. The van der Waals surface area contributed by atoms with Crippen LogP contribution in [-0.2, 0) is 9.59 Å². The maximum atomic E-state index is 13.4. The molecule has 1 aliphatic carbocycles. The van der Waals surface area contributed by atoms with Crippen LogP contribution in [0, 0.1) is 17.3 Å². The molecule has 0 spiro atoms. The summed E-state index contributed by atoms with van der Waals surface area (Å²) in [5, 5.41) is 6.85. The van der Waals surface area contributed by atoms with Crippen LogP contribution in [0.1, 0.15) is 38.5 Å². The Kier molecular flexibility index (Phi) is 5.37. The molecular formula is C20H27ClN4O2. The molecule has 0 radical (unpaired) electrons. The van der Waals surface area contributed by atoms with E-state index in [9.17, 15) is 9.59 Å². The van der Waals surface area contributed by atoms with Crippen molar-refractivity contribution in [3.05, 3.63) is 23.4 Å². The summed E-state index contributed by atoms with van der Waals surface area (Å²) in [6.45, 7) is 3.01. The molecule has 2 amide bonds. The number of hydrogen-bond acceptors (Lipinski definition) is 4. The highest BCUT2D eigenvalue weighted by molar-refractivity contribution is 6.30. The van der Waals surface area contributed by atoms with Gasteiger partial charge in [-0.05, 0) is 50.3 Å². The monoisotopic (exact) mass is 390 g/mol. The molecule has 2 N–H and O–H groups in total. The van der Waals surface area contributed by atoms with Gasteiger partial charge in [0.2, 0.25) is 11.8 Å². The number of fused-ring (bicyclic) bond motifs is 1. The first-order chi connectivity index (χ1) is 13.1. The van der Waals surface area contributed by atoms with Gasteiger partial charge in [0.1, 0.15) is 5.82 Å². The van der Waals surface area contributed by atoms with Gasteiger partial charge in [-0.3, -0.25) is 9.59 Å². The molecule has 6 nitrogen and oxygen atoms in total. The molecule has 1 unspecified atom stereocenters. The number of aromatic nitrogens is 1. The molecule has 1 saturated carbocycles. The molecule has 2 aliphatic heterocycles. The van der Waals surface area contributed by atoms with Crippen molar-refractivity contribution in [2.45, 2.75) is 38.5 Å². The Bertz CT molecular complexity index is 710. The van der Waals surface area contributed by atoms with Crippen LogP contribution < -0.4 is 10.6 Å². The smallest absolute Gasteiger partial charge is 0.230 e. The van der Waals surface area contributed by atoms with Crippen molar-refractivity contribution in [2.24, 2.45) is 17.3 Å². The van der Waals surface area contributed by atoms with Gasteiger partial charge >= 0.3 is 0 Å². The van der Waals surface area contributed by atoms with E-state index >= 15 is 0 Å². The molecular weight excluding hydrogens is 364 g/mol. The van der Waals surface area contributed by atoms with E-state index in [0.29, 0.717) is 23.3 Å². The van der Waals surface area contributed by atoms with Gasteiger partial charge in [-0.25, -0.2) is 4.98 Å². The summed E-state index contributed by atoms with van der Waals surface area (Å²) >= 11 is 5.84. The van der Waals surface area contributed by atoms with Crippen LogP contribution in [0.15, 0.2) is 18.3 Å². The zero-order valence-electron chi connectivity index (χ0n) is 15.5. The largest absolute Gasteiger partial charge is 0.341 e. The molecule has 3 fully saturated rings. The lowest BCUT2D eigenvalue weighted by Gasteiger charge is -2.43. The van der Waals surface area contributed by atoms with Crippen molar-refractivity contribution in [2.75, 3.05) is 31.5 Å². The fraction of sp³-hybridized carbons (Fsp3) is 0.650. The molecule has 3 heterocycles. The fourth-order valence-corrected chi connectivity index (χ4v) is 5.15. The van der Waals surface area contributed by atoms with Crippen LogP contribution in [0.2, 0.25) is 5.02 Å². The van der Waals surface area contributed by atoms with E-state index in [-0.39, 0.29) is 23.1 Å². The standard InChI is InChI=1S/C20H27ClN4O2/c21-16-6-7-17(23-11-16)24-18(26)14-4-3-9-25(12-14)19(27)20-8-2-1-5-15(20)10-22-13-20/h6-7,11,14-15,22H,1-5,8-10,12-13H2,(H,23,24,26)/t14?,15-,20+/m0/s1. The van der Waals surface area contributed by atoms with Gasteiger partial charge < -0.3 is 15.5 Å². The predicted octanol–water partition coefficient (Wildman–Crippen LogP) is 2.69. The molecule has 3 atom stereocenters. The third-order valence-corrected chi connectivity index (χ3v) is 6.75. The Morgan fingerprint density at radius 1 is 1.26 bits per heavy atom. The number of halogens is 1. The topological polar surface area (TPSA) is 74.3 Å². The van der Waals surface area contributed by atoms with Crippen LogP contribution in [0.3, 0.4) is 0 Å². The molecule has 0 bridgehead atoms. The fourth-order valence-electron chi connectivity index (χ4n) is 5.04. The predicted molar refractivity (Wildman–Crippen MR) is 104 cm³/mol. The van der Waals surface area contributed by atoms with Gasteiger partial charge in [-0.1, -0.05) is 24.4 Å². The first kappa shape index (κ1) is 18.7. The first-order valence-corrected chi connectivity index (χ1v) is 10.4. The van der Waals surface area contributed by atoms with E-state index in [4.69, 9.17) is 11.6 Å². The average molecular weight is 391 g/mol. The number of likely N-dealkylation sites (tertiary alicyclic amines) is 1. The normalized spacial score (nSPS) is 30.6. The number of carbonyl (C=O) groups is 2. The highest BCUT2D eigenvalue weighted by Crippen LogP contribution is 2.45. The molecule has 7 heteroatoms. The summed E-state index contributed by atoms with van der Waals surface area (Å²) in [4.78, 5) is 32.2. The van der Waals surface area contributed by atoms with Gasteiger partial charge in [0.25, 0.3) is 0 Å². The van der Waals surface area contributed by atoms with E-state index in [1.165, 1.54) is 12.6 Å². The van der Waals surface area contributed by atoms with E-state index in [0.717, 1.165) is 51.7 Å². The van der Waals surface area contributed by atoms with Crippen molar-refractivity contribution < 1.29 is 9.59 Å². The van der Waals surface area contributed by atoms with Gasteiger partial charge in [0, 0.05) is 25.8 Å². The maximum Gasteiger partial charge on any atom is 0.230 e. The van der Waals surface area contributed by atoms with Crippen LogP contribution in [0.4, 0.5) is 5.82 Å². The molecule has 0 aromatic carbocycles. The van der Waals surface area contributed by atoms with E-state index in [1.807, 2.05) is 4.90 Å². The number of amides is 2. The summed E-state index contributed by atoms with van der Waals surface area (Å²) in [5.41, 5.74) is -0.242. The average Bonchev–Trinajstić information content (AvgIpc) is 3.14. The van der Waals surface area contributed by atoms with Gasteiger partial charge in [0.15, 0.2) is 0 Å². The minimum Gasteiger partial charge on any atom is -0.341 e. The lowest BCUT2D eigenvalue weighted by molar-refractivity contribution is -0.148. The molecule has 1 aromatic rings. The summed E-state index contributed by atoms with van der Waals surface area (Å²) in [6.07, 6.45) is 7.65. The third-order valence-electron chi connectivity index (χ3n) is 6.52. The number of anilines is 1. The minimum atomic E-state index is -0.242.